The number of carbonyl (C=O) groups is 5. The van der Waals surface area contributed by atoms with Crippen LogP contribution in [0.4, 0.5) is 8.78 Å². The van der Waals surface area contributed by atoms with Gasteiger partial charge in [0.2, 0.25) is 0 Å². The number of para-hydroxylation sites is 1. The molecule has 0 saturated heterocycles. The van der Waals surface area contributed by atoms with Gasteiger partial charge in [0, 0.05) is 147 Å². The summed E-state index contributed by atoms with van der Waals surface area (Å²) in [5.74, 6) is -0.882. The summed E-state index contributed by atoms with van der Waals surface area (Å²) in [7, 11) is 11.5. The average molecular weight is 2020 g/mol. The SMILES string of the molecule is COC(=O)c1cccc(Cc2c(-c3ccc(OC)cc3)nn3cc(Cl)ccc23)n1.COC(=O)c1cccc(Cc2c(-c3cccc(F)c3)nn3cc(Cl)ccc23)n1.COC(=O)c1cccc(Cc2c(-c3cccc(OC)c3)nn3cc(Cl)ccc23)n1.COC(=O)c1cccc(Cc2c(-c3ccccc3F)nn3cc(Cl)ccc23)n1.COC(=O)c1cccc(Cc2c(-c3ccccc3OC)nn3cc(Cl)ccc23)n1. The molecule has 0 aliphatic rings. The van der Waals surface area contributed by atoms with E-state index in [2.05, 4.69) is 35.1 Å². The van der Waals surface area contributed by atoms with Gasteiger partial charge in [0.15, 0.2) is 0 Å². The Balaban J connectivity index is 0.000000128. The van der Waals surface area contributed by atoms with E-state index in [1.165, 1.54) is 53.7 Å². The van der Waals surface area contributed by atoms with E-state index in [-0.39, 0.29) is 40.1 Å². The summed E-state index contributed by atoms with van der Waals surface area (Å²) in [5.41, 5.74) is 21.0. The molecule has 0 aliphatic carbocycles. The zero-order chi connectivity index (χ0) is 100. The second-order valence-corrected chi connectivity index (χ2v) is 33.8. The van der Waals surface area contributed by atoms with Gasteiger partial charge in [-0.05, 0) is 194 Å². The fourth-order valence-corrected chi connectivity index (χ4v) is 16.7. The van der Waals surface area contributed by atoms with Gasteiger partial charge in [-0.2, -0.15) is 25.5 Å². The summed E-state index contributed by atoms with van der Waals surface area (Å²) < 4.78 is 76.8. The Kier molecular flexibility index (Phi) is 31.6. The van der Waals surface area contributed by atoms with E-state index >= 15 is 0 Å². The van der Waals surface area contributed by atoms with E-state index in [0.29, 0.717) is 91.1 Å². The highest BCUT2D eigenvalue weighted by Crippen LogP contribution is 2.39. The van der Waals surface area contributed by atoms with E-state index in [4.69, 9.17) is 111 Å². The Morgan fingerprint density at radius 3 is 0.874 bits per heavy atom. The first-order valence-corrected chi connectivity index (χ1v) is 45.8. The van der Waals surface area contributed by atoms with Crippen molar-refractivity contribution in [2.75, 3.05) is 56.9 Å². The Morgan fingerprint density at radius 2 is 0.552 bits per heavy atom. The summed E-state index contributed by atoms with van der Waals surface area (Å²) in [4.78, 5) is 81.2. The van der Waals surface area contributed by atoms with Crippen LogP contribution in [0, 0.1) is 11.6 Å². The summed E-state index contributed by atoms with van der Waals surface area (Å²) in [6, 6.07) is 80.6. The van der Waals surface area contributed by atoms with Crippen molar-refractivity contribution < 1.29 is 70.6 Å². The van der Waals surface area contributed by atoms with Crippen molar-refractivity contribution in [1.29, 1.82) is 0 Å². The Bertz CT molecular complexity index is 8160. The number of halogens is 7. The molecule has 28 nitrogen and oxygen atoms in total. The van der Waals surface area contributed by atoms with Crippen LogP contribution in [-0.4, -0.2) is 160 Å². The number of aromatic nitrogens is 15. The summed E-state index contributed by atoms with van der Waals surface area (Å²) in [6.45, 7) is 0. The van der Waals surface area contributed by atoms with E-state index in [1.54, 1.807) is 184 Å². The van der Waals surface area contributed by atoms with Crippen LogP contribution < -0.4 is 14.2 Å². The molecule has 143 heavy (non-hydrogen) atoms. The third kappa shape index (κ3) is 23.3. The van der Waals surface area contributed by atoms with Crippen LogP contribution in [0.3, 0.4) is 0 Å². The molecule has 718 valence electrons. The van der Waals surface area contributed by atoms with Crippen LogP contribution in [0.1, 0.15) is 109 Å². The van der Waals surface area contributed by atoms with Crippen molar-refractivity contribution >= 4 is 115 Å². The minimum Gasteiger partial charge on any atom is -0.497 e. The standard InChI is InChI=1S/3C22H18ClN3O3.2C21H15ClFN3O2/c1-28-17-7-3-5-14(11-17)21-18(20-10-9-15(23)13-26(20)25-21)12-16-6-4-8-19(24-16)22(27)29-2;1-28-20-9-4-3-7-16(20)21-17(19-11-10-14(23)13-26(19)25-21)12-15-6-5-8-18(24-15)22(27)29-2;1-28-17-9-6-14(7-10-17)21-18(20-11-8-15(23)13-26(20)25-21)12-16-4-3-5-19(24-16)22(27)29-2;1-28-21(27)18-7-3-6-16(24-18)11-17-19-9-8-14(22)12-26(19)25-20(17)13-4-2-5-15(23)10-13;1-28-21(27)18-8-4-5-14(24-18)11-16-19-10-9-13(22)12-26(19)25-20(16)15-6-2-3-7-17(15)23/h3*3-11,13H,12H2,1-2H3;2*2-10,12H,11H2,1H3. The molecule has 0 spiro atoms. The highest BCUT2D eigenvalue weighted by atomic mass is 35.5. The molecule has 0 aliphatic heterocycles. The molecule has 0 bridgehead atoms. The van der Waals surface area contributed by atoms with Crippen molar-refractivity contribution in [3.05, 3.63) is 425 Å². The third-order valence-corrected chi connectivity index (χ3v) is 23.7. The first-order chi connectivity index (χ1) is 69.4. The summed E-state index contributed by atoms with van der Waals surface area (Å²) in [6.07, 6.45) is 10.9. The lowest BCUT2D eigenvalue weighted by Crippen LogP contribution is -2.06. The lowest BCUT2D eigenvalue weighted by atomic mass is 10.0. The predicted octanol–water partition coefficient (Wildman–Crippen LogP) is 22.4. The molecule has 20 aromatic rings. The van der Waals surface area contributed by atoms with E-state index in [9.17, 15) is 32.8 Å². The number of nitrogens with zero attached hydrogens (tertiary/aromatic N) is 15. The van der Waals surface area contributed by atoms with Crippen LogP contribution in [-0.2, 0) is 55.8 Å². The van der Waals surface area contributed by atoms with Gasteiger partial charge in [-0.15, -0.1) is 0 Å². The third-order valence-electron chi connectivity index (χ3n) is 22.6. The molecule has 0 radical (unpaired) electrons. The molecular weight excluding hydrogens is 1930 g/mol. The summed E-state index contributed by atoms with van der Waals surface area (Å²) >= 11 is 30.7. The maximum atomic E-state index is 14.5. The van der Waals surface area contributed by atoms with Crippen LogP contribution in [0.5, 0.6) is 17.2 Å². The molecular formula is C108H84Cl5F2N15O13. The maximum Gasteiger partial charge on any atom is 0.356 e. The maximum absolute atomic E-state index is 14.5. The van der Waals surface area contributed by atoms with Crippen LogP contribution in [0.15, 0.2) is 304 Å². The molecule has 15 aromatic heterocycles. The van der Waals surface area contributed by atoms with Gasteiger partial charge in [0.05, 0.1) is 132 Å². The van der Waals surface area contributed by atoms with Gasteiger partial charge in [0.25, 0.3) is 0 Å². The zero-order valence-electron chi connectivity index (χ0n) is 77.6. The van der Waals surface area contributed by atoms with Crippen LogP contribution in [0.2, 0.25) is 25.1 Å². The quantitative estimate of drug-likeness (QED) is 0.0424. The Hall–Kier alpha value is -16.6. The molecule has 0 atom stereocenters. The van der Waals surface area contributed by atoms with E-state index < -0.39 is 29.8 Å². The summed E-state index contributed by atoms with van der Waals surface area (Å²) in [5, 5.41) is 26.2. The number of benzene rings is 5. The smallest absolute Gasteiger partial charge is 0.356 e. The second-order valence-electron chi connectivity index (χ2n) is 31.6. The second kappa shape index (κ2) is 45.5. The van der Waals surface area contributed by atoms with Gasteiger partial charge in [-0.1, -0.05) is 137 Å². The number of fused-ring (bicyclic) bond motifs is 5. The molecule has 20 rings (SSSR count). The molecule has 0 amide bonds. The van der Waals surface area contributed by atoms with Crippen LogP contribution in [0.25, 0.3) is 83.9 Å². The van der Waals surface area contributed by atoms with Crippen molar-refractivity contribution in [3.63, 3.8) is 0 Å². The molecule has 15 heterocycles. The lowest BCUT2D eigenvalue weighted by molar-refractivity contribution is 0.0585. The molecule has 0 unspecified atom stereocenters. The number of hydrogen-bond donors (Lipinski definition) is 0. The molecule has 0 saturated carbocycles. The fourth-order valence-electron chi connectivity index (χ4n) is 15.9. The Labute approximate surface area is 841 Å². The minimum atomic E-state index is -0.511. The highest BCUT2D eigenvalue weighted by Gasteiger charge is 2.27. The normalized spacial score (nSPS) is 10.9. The van der Waals surface area contributed by atoms with Crippen molar-refractivity contribution in [2.24, 2.45) is 0 Å². The molecule has 5 aromatic carbocycles. The van der Waals surface area contributed by atoms with Crippen molar-refractivity contribution in [3.8, 4) is 73.5 Å². The fraction of sp³-hybridized carbons (Fsp3) is 0.120. The Morgan fingerprint density at radius 1 is 0.266 bits per heavy atom. The average Bonchev–Trinajstić information content (AvgIpc) is 1.64. The molecule has 0 fully saturated rings. The molecule has 35 heteroatoms. The number of methoxy groups -OCH3 is 8. The number of pyridine rings is 10. The topological polar surface area (TPSA) is 310 Å². The zero-order valence-corrected chi connectivity index (χ0v) is 81.3. The largest absolute Gasteiger partial charge is 0.497 e. The van der Waals surface area contributed by atoms with Gasteiger partial charge in [-0.3, -0.25) is 0 Å². The molecule has 0 N–H and O–H groups in total. The predicted molar refractivity (Wildman–Crippen MR) is 540 cm³/mol. The van der Waals surface area contributed by atoms with Gasteiger partial charge >= 0.3 is 29.8 Å². The number of carbonyl (C=O) groups excluding carboxylic acids is 5. The number of esters is 5. The highest BCUT2D eigenvalue weighted by molar-refractivity contribution is 6.32. The first kappa shape index (κ1) is 99.4. The van der Waals surface area contributed by atoms with E-state index in [0.717, 1.165) is 124 Å². The van der Waals surface area contributed by atoms with E-state index in [1.807, 2.05) is 146 Å². The van der Waals surface area contributed by atoms with Crippen molar-refractivity contribution in [2.45, 2.75) is 32.1 Å². The minimum absolute atomic E-state index is 0.215. The van der Waals surface area contributed by atoms with Gasteiger partial charge < -0.3 is 37.9 Å². The first-order valence-electron chi connectivity index (χ1n) is 43.9. The van der Waals surface area contributed by atoms with Gasteiger partial charge in [-0.25, -0.2) is 80.3 Å². The monoisotopic (exact) mass is 2010 g/mol. The number of rotatable bonds is 23. The lowest BCUT2D eigenvalue weighted by Gasteiger charge is -2.08. The number of ether oxygens (including phenoxy) is 8. The van der Waals surface area contributed by atoms with Crippen LogP contribution >= 0.6 is 58.0 Å². The van der Waals surface area contributed by atoms with Gasteiger partial charge in [0.1, 0.15) is 63.0 Å². The van der Waals surface area contributed by atoms with Crippen molar-refractivity contribution in [1.82, 2.24) is 73.0 Å². The number of hydrogen-bond acceptors (Lipinski definition) is 23.